The van der Waals surface area contributed by atoms with Gasteiger partial charge in [0.05, 0.1) is 5.02 Å². The lowest BCUT2D eigenvalue weighted by Crippen LogP contribution is -2.43. The van der Waals surface area contributed by atoms with Crippen molar-refractivity contribution < 1.29 is 0 Å². The first-order chi connectivity index (χ1) is 8.49. The van der Waals surface area contributed by atoms with Crippen molar-refractivity contribution in [2.45, 2.75) is 52.1 Å². The summed E-state index contributed by atoms with van der Waals surface area (Å²) in [7, 11) is 0. The van der Waals surface area contributed by atoms with Gasteiger partial charge in [0, 0.05) is 17.1 Å². The maximum atomic E-state index is 6.12. The largest absolute Gasteiger partial charge is 0.309 e. The summed E-state index contributed by atoms with van der Waals surface area (Å²) in [4.78, 5) is 0. The first-order valence-electron chi connectivity index (χ1n) is 6.66. The quantitative estimate of drug-likeness (QED) is 0.807. The molecule has 0 bridgehead atoms. The summed E-state index contributed by atoms with van der Waals surface area (Å²) in [6.45, 7) is 5.65. The van der Waals surface area contributed by atoms with Gasteiger partial charge in [-0.1, -0.05) is 44.4 Å². The summed E-state index contributed by atoms with van der Waals surface area (Å²) in [6.07, 6.45) is 5.33. The van der Waals surface area contributed by atoms with Crippen LogP contribution >= 0.6 is 27.5 Å². The summed E-state index contributed by atoms with van der Waals surface area (Å²) >= 11 is 9.54. The highest BCUT2D eigenvalue weighted by Crippen LogP contribution is 2.35. The van der Waals surface area contributed by atoms with E-state index in [1.54, 1.807) is 0 Å². The van der Waals surface area contributed by atoms with Crippen molar-refractivity contribution >= 4 is 27.5 Å². The molecule has 100 valence electrons. The number of benzene rings is 1. The molecule has 1 aromatic rings. The third-order valence-corrected chi connectivity index (χ3v) is 5.28. The molecule has 0 amide bonds. The normalized spacial score (nSPS) is 23.0. The monoisotopic (exact) mass is 329 g/mol. The molecule has 1 atom stereocenters. The molecule has 3 heteroatoms. The van der Waals surface area contributed by atoms with Gasteiger partial charge in [-0.15, -0.1) is 0 Å². The summed E-state index contributed by atoms with van der Waals surface area (Å²) in [6, 6.07) is 6.80. The molecule has 0 heterocycles. The van der Waals surface area contributed by atoms with E-state index in [2.05, 4.69) is 41.2 Å². The van der Waals surface area contributed by atoms with Crippen LogP contribution in [0.1, 0.15) is 45.1 Å². The van der Waals surface area contributed by atoms with Gasteiger partial charge in [0.1, 0.15) is 0 Å². The molecule has 1 saturated carbocycles. The van der Waals surface area contributed by atoms with Crippen LogP contribution in [0.3, 0.4) is 0 Å². The van der Waals surface area contributed by atoms with Gasteiger partial charge in [0.15, 0.2) is 0 Å². The molecule has 1 aliphatic rings. The number of hydrogen-bond donors (Lipinski definition) is 1. The van der Waals surface area contributed by atoms with E-state index >= 15 is 0 Å². The van der Waals surface area contributed by atoms with Crippen LogP contribution in [0.2, 0.25) is 5.02 Å². The van der Waals surface area contributed by atoms with E-state index in [0.717, 1.165) is 16.0 Å². The third-order valence-electron chi connectivity index (χ3n) is 4.04. The minimum absolute atomic E-state index is 0.414. The second-order valence-corrected chi connectivity index (χ2v) is 7.18. The summed E-state index contributed by atoms with van der Waals surface area (Å²) < 4.78 is 0.964. The third kappa shape index (κ3) is 3.49. The average Bonchev–Trinajstić information content (AvgIpc) is 2.31. The molecule has 1 fully saturated rings. The zero-order chi connectivity index (χ0) is 13.2. The number of rotatable bonds is 3. The Balaban J connectivity index is 1.96. The Labute approximate surface area is 123 Å². The van der Waals surface area contributed by atoms with E-state index in [9.17, 15) is 0 Å². The van der Waals surface area contributed by atoms with Crippen LogP contribution in [0.5, 0.6) is 0 Å². The topological polar surface area (TPSA) is 12.0 Å². The van der Waals surface area contributed by atoms with Gasteiger partial charge in [-0.25, -0.2) is 0 Å². The molecular weight excluding hydrogens is 310 g/mol. The first-order valence-corrected chi connectivity index (χ1v) is 7.83. The first kappa shape index (κ1) is 14.4. The van der Waals surface area contributed by atoms with Gasteiger partial charge >= 0.3 is 0 Å². The molecule has 1 aromatic carbocycles. The van der Waals surface area contributed by atoms with Gasteiger partial charge in [0.2, 0.25) is 0 Å². The van der Waals surface area contributed by atoms with Crippen LogP contribution in [0, 0.1) is 5.41 Å². The number of hydrogen-bond acceptors (Lipinski definition) is 1. The Bertz CT molecular complexity index is 417. The maximum Gasteiger partial charge on any atom is 0.0551 e. The van der Waals surface area contributed by atoms with E-state index in [0.29, 0.717) is 11.5 Å². The fraction of sp³-hybridized carbons (Fsp3) is 0.600. The van der Waals surface area contributed by atoms with Crippen molar-refractivity contribution in [3.05, 3.63) is 33.3 Å². The predicted octanol–water partition coefficient (Wildman–Crippen LogP) is 5.16. The smallest absolute Gasteiger partial charge is 0.0551 e. The molecule has 0 spiro atoms. The van der Waals surface area contributed by atoms with Crippen molar-refractivity contribution in [2.75, 3.05) is 0 Å². The summed E-state index contributed by atoms with van der Waals surface area (Å²) in [5.41, 5.74) is 1.67. The number of nitrogens with one attached hydrogen (secondary N) is 1. The minimum Gasteiger partial charge on any atom is -0.309 e. The lowest BCUT2D eigenvalue weighted by molar-refractivity contribution is 0.167. The van der Waals surface area contributed by atoms with E-state index in [-0.39, 0.29) is 0 Å². The second kappa shape index (κ2) is 5.94. The molecule has 0 aliphatic heterocycles. The average molecular weight is 331 g/mol. The Morgan fingerprint density at radius 2 is 2.17 bits per heavy atom. The zero-order valence-corrected chi connectivity index (χ0v) is 13.4. The van der Waals surface area contributed by atoms with Crippen LogP contribution in [-0.4, -0.2) is 6.04 Å². The summed E-state index contributed by atoms with van der Waals surface area (Å²) in [5, 5.41) is 4.49. The fourth-order valence-electron chi connectivity index (χ4n) is 2.76. The van der Waals surface area contributed by atoms with Crippen LogP contribution in [0.15, 0.2) is 22.7 Å². The Morgan fingerprint density at radius 3 is 2.83 bits per heavy atom. The van der Waals surface area contributed by atoms with Crippen LogP contribution in [-0.2, 0) is 6.54 Å². The van der Waals surface area contributed by atoms with Crippen molar-refractivity contribution in [1.82, 2.24) is 5.32 Å². The molecule has 0 aromatic heterocycles. The minimum atomic E-state index is 0.414. The van der Waals surface area contributed by atoms with Crippen molar-refractivity contribution in [3.8, 4) is 0 Å². The van der Waals surface area contributed by atoms with Gasteiger partial charge in [0.25, 0.3) is 0 Å². The standard InChI is InChI=1S/C15H21BrClN/c1-15(2)8-4-3-5-14(15)18-10-11-6-7-12(16)13(17)9-11/h6-7,9,14,18H,3-5,8,10H2,1-2H3. The molecule has 1 unspecified atom stereocenters. The second-order valence-electron chi connectivity index (χ2n) is 5.92. The Kier molecular flexibility index (Phi) is 4.74. The predicted molar refractivity (Wildman–Crippen MR) is 82.0 cm³/mol. The van der Waals surface area contributed by atoms with Crippen LogP contribution < -0.4 is 5.32 Å². The van der Waals surface area contributed by atoms with E-state index in [1.165, 1.54) is 31.2 Å². The lowest BCUT2D eigenvalue weighted by atomic mass is 9.73. The van der Waals surface area contributed by atoms with Crippen molar-refractivity contribution in [2.24, 2.45) is 5.41 Å². The maximum absolute atomic E-state index is 6.12. The molecule has 1 nitrogen and oxygen atoms in total. The van der Waals surface area contributed by atoms with Gasteiger partial charge in [-0.2, -0.15) is 0 Å². The fourth-order valence-corrected chi connectivity index (χ4v) is 3.21. The molecule has 0 radical (unpaired) electrons. The molecule has 0 saturated heterocycles. The van der Waals surface area contributed by atoms with Crippen LogP contribution in [0.4, 0.5) is 0 Å². The highest BCUT2D eigenvalue weighted by molar-refractivity contribution is 9.10. The Morgan fingerprint density at radius 1 is 1.39 bits per heavy atom. The zero-order valence-electron chi connectivity index (χ0n) is 11.1. The SMILES string of the molecule is CC1(C)CCCCC1NCc1ccc(Br)c(Cl)c1. The lowest BCUT2D eigenvalue weighted by Gasteiger charge is -2.39. The Hall–Kier alpha value is -0.0500. The van der Waals surface area contributed by atoms with E-state index in [4.69, 9.17) is 11.6 Å². The van der Waals surface area contributed by atoms with Gasteiger partial charge < -0.3 is 5.32 Å². The van der Waals surface area contributed by atoms with Gasteiger partial charge in [-0.05, 0) is 51.9 Å². The van der Waals surface area contributed by atoms with Crippen LogP contribution in [0.25, 0.3) is 0 Å². The van der Waals surface area contributed by atoms with Crippen molar-refractivity contribution in [1.29, 1.82) is 0 Å². The highest BCUT2D eigenvalue weighted by atomic mass is 79.9. The molecule has 2 rings (SSSR count). The van der Waals surface area contributed by atoms with Crippen molar-refractivity contribution in [3.63, 3.8) is 0 Å². The summed E-state index contributed by atoms with van der Waals surface area (Å²) in [5.74, 6) is 0. The van der Waals surface area contributed by atoms with E-state index < -0.39 is 0 Å². The molecule has 1 N–H and O–H groups in total. The van der Waals surface area contributed by atoms with E-state index in [1.807, 2.05) is 12.1 Å². The molecule has 1 aliphatic carbocycles. The van der Waals surface area contributed by atoms with Gasteiger partial charge in [-0.3, -0.25) is 0 Å². The number of halogens is 2. The molecular formula is C15H21BrClN. The molecule has 18 heavy (non-hydrogen) atoms. The highest BCUT2D eigenvalue weighted by Gasteiger charge is 2.31.